The monoisotopic (exact) mass is 242 g/mol. The van der Waals surface area contributed by atoms with Crippen LogP contribution in [0.4, 0.5) is 0 Å². The zero-order valence-corrected chi connectivity index (χ0v) is 10.4. The Bertz CT molecular complexity index is 341. The Labute approximate surface area is 99.9 Å². The molecule has 0 atom stereocenters. The lowest BCUT2D eigenvalue weighted by Crippen LogP contribution is -2.32. The molecule has 0 saturated carbocycles. The largest absolute Gasteiger partial charge is 0.394 e. The van der Waals surface area contributed by atoms with Crippen molar-refractivity contribution in [1.82, 2.24) is 9.88 Å². The van der Waals surface area contributed by atoms with Gasteiger partial charge in [0, 0.05) is 30.9 Å². The summed E-state index contributed by atoms with van der Waals surface area (Å²) in [6.45, 7) is 6.33. The Morgan fingerprint density at radius 1 is 1.50 bits per heavy atom. The molecule has 1 aliphatic heterocycles. The first-order valence-electron chi connectivity index (χ1n) is 5.65. The van der Waals surface area contributed by atoms with Crippen LogP contribution in [0.25, 0.3) is 0 Å². The second-order valence-corrected chi connectivity index (χ2v) is 5.25. The fourth-order valence-corrected chi connectivity index (χ4v) is 2.95. The van der Waals surface area contributed by atoms with Crippen molar-refractivity contribution in [2.45, 2.75) is 19.9 Å². The highest BCUT2D eigenvalue weighted by molar-refractivity contribution is 7.11. The third kappa shape index (κ3) is 3.01. The summed E-state index contributed by atoms with van der Waals surface area (Å²) in [7, 11) is 0. The lowest BCUT2D eigenvalue weighted by Gasteiger charge is -2.25. The van der Waals surface area contributed by atoms with Crippen molar-refractivity contribution in [1.29, 1.82) is 0 Å². The number of thiazole rings is 1. The van der Waals surface area contributed by atoms with E-state index in [4.69, 9.17) is 9.84 Å². The van der Waals surface area contributed by atoms with Crippen LogP contribution in [0, 0.1) is 6.92 Å². The van der Waals surface area contributed by atoms with Crippen LogP contribution in [0.1, 0.15) is 15.6 Å². The van der Waals surface area contributed by atoms with Crippen molar-refractivity contribution in [3.05, 3.63) is 15.6 Å². The Hall–Kier alpha value is -0.490. The maximum Gasteiger partial charge on any atom is 0.0900 e. The predicted molar refractivity (Wildman–Crippen MR) is 63.7 cm³/mol. The SMILES string of the molecule is Cc1nc2c(s1)CN(CCOCCO)CC2. The van der Waals surface area contributed by atoms with E-state index in [1.54, 1.807) is 11.3 Å². The first-order chi connectivity index (χ1) is 7.79. The van der Waals surface area contributed by atoms with Gasteiger partial charge in [0.25, 0.3) is 0 Å². The molecule has 1 N–H and O–H groups in total. The Morgan fingerprint density at radius 2 is 2.38 bits per heavy atom. The zero-order chi connectivity index (χ0) is 11.4. The van der Waals surface area contributed by atoms with E-state index in [1.807, 2.05) is 0 Å². The van der Waals surface area contributed by atoms with Crippen LogP contribution in [0.3, 0.4) is 0 Å². The van der Waals surface area contributed by atoms with Crippen LogP contribution in [0.15, 0.2) is 0 Å². The van der Waals surface area contributed by atoms with E-state index in [9.17, 15) is 0 Å². The van der Waals surface area contributed by atoms with Crippen molar-refractivity contribution in [3.63, 3.8) is 0 Å². The molecule has 1 aromatic rings. The number of fused-ring (bicyclic) bond motifs is 1. The van der Waals surface area contributed by atoms with Gasteiger partial charge in [0.05, 0.1) is 30.5 Å². The van der Waals surface area contributed by atoms with Crippen LogP contribution >= 0.6 is 11.3 Å². The average Bonchev–Trinajstić information content (AvgIpc) is 2.64. The fourth-order valence-electron chi connectivity index (χ4n) is 1.93. The molecule has 90 valence electrons. The highest BCUT2D eigenvalue weighted by Gasteiger charge is 2.19. The van der Waals surface area contributed by atoms with E-state index in [0.29, 0.717) is 13.2 Å². The summed E-state index contributed by atoms with van der Waals surface area (Å²) in [5.74, 6) is 0. The Morgan fingerprint density at radius 3 is 3.19 bits per heavy atom. The van der Waals surface area contributed by atoms with Crippen molar-refractivity contribution in [3.8, 4) is 0 Å². The number of aromatic nitrogens is 1. The zero-order valence-electron chi connectivity index (χ0n) is 9.61. The van der Waals surface area contributed by atoms with Gasteiger partial charge in [0.1, 0.15) is 0 Å². The smallest absolute Gasteiger partial charge is 0.0900 e. The molecule has 0 aromatic carbocycles. The minimum Gasteiger partial charge on any atom is -0.394 e. The Balaban J connectivity index is 1.79. The van der Waals surface area contributed by atoms with E-state index in [2.05, 4.69) is 16.8 Å². The number of aliphatic hydroxyl groups is 1. The standard InChI is InChI=1S/C11H18N2O2S/c1-9-12-10-2-3-13(8-11(10)16-9)4-6-15-7-5-14/h14H,2-8H2,1H3. The molecule has 1 aliphatic rings. The van der Waals surface area contributed by atoms with Crippen LogP contribution in [-0.4, -0.2) is 47.9 Å². The third-order valence-corrected chi connectivity index (χ3v) is 3.70. The van der Waals surface area contributed by atoms with Gasteiger partial charge >= 0.3 is 0 Å². The highest BCUT2D eigenvalue weighted by atomic mass is 32.1. The molecule has 0 spiro atoms. The quantitative estimate of drug-likeness (QED) is 0.777. The van der Waals surface area contributed by atoms with Gasteiger partial charge in [-0.3, -0.25) is 4.90 Å². The van der Waals surface area contributed by atoms with Gasteiger partial charge in [-0.1, -0.05) is 0 Å². The molecule has 0 saturated heterocycles. The van der Waals surface area contributed by atoms with Crippen LogP contribution in [0.5, 0.6) is 0 Å². The van der Waals surface area contributed by atoms with Crippen LogP contribution < -0.4 is 0 Å². The molecule has 0 radical (unpaired) electrons. The summed E-state index contributed by atoms with van der Waals surface area (Å²) in [5, 5.41) is 9.76. The second kappa shape index (κ2) is 5.72. The molecule has 2 heterocycles. The molecule has 5 heteroatoms. The molecule has 1 aromatic heterocycles. The number of hydrogen-bond acceptors (Lipinski definition) is 5. The summed E-state index contributed by atoms with van der Waals surface area (Å²) in [5.41, 5.74) is 1.29. The van der Waals surface area contributed by atoms with Crippen LogP contribution in [0.2, 0.25) is 0 Å². The predicted octanol–water partition coefficient (Wildman–Crippen LogP) is 0.819. The van der Waals surface area contributed by atoms with E-state index in [1.165, 1.54) is 15.6 Å². The number of aliphatic hydroxyl groups excluding tert-OH is 1. The molecular weight excluding hydrogens is 224 g/mol. The van der Waals surface area contributed by atoms with E-state index in [0.717, 1.165) is 26.1 Å². The molecule has 0 amide bonds. The van der Waals surface area contributed by atoms with Gasteiger partial charge in [-0.2, -0.15) is 0 Å². The van der Waals surface area contributed by atoms with Gasteiger partial charge in [-0.15, -0.1) is 11.3 Å². The number of aryl methyl sites for hydroxylation is 1. The van der Waals surface area contributed by atoms with Crippen molar-refractivity contribution in [2.75, 3.05) is 32.9 Å². The number of nitrogens with zero attached hydrogens (tertiary/aromatic N) is 2. The average molecular weight is 242 g/mol. The second-order valence-electron chi connectivity index (χ2n) is 3.96. The topological polar surface area (TPSA) is 45.6 Å². The molecule has 4 nitrogen and oxygen atoms in total. The number of hydrogen-bond donors (Lipinski definition) is 1. The first-order valence-corrected chi connectivity index (χ1v) is 6.47. The van der Waals surface area contributed by atoms with Crippen molar-refractivity contribution >= 4 is 11.3 Å². The van der Waals surface area contributed by atoms with Gasteiger partial charge < -0.3 is 9.84 Å². The van der Waals surface area contributed by atoms with Gasteiger partial charge in [0.15, 0.2) is 0 Å². The lowest BCUT2D eigenvalue weighted by molar-refractivity contribution is 0.0711. The Kier molecular flexibility index (Phi) is 4.29. The van der Waals surface area contributed by atoms with Crippen LogP contribution in [-0.2, 0) is 17.7 Å². The van der Waals surface area contributed by atoms with Crippen molar-refractivity contribution in [2.24, 2.45) is 0 Å². The maximum absolute atomic E-state index is 8.59. The minimum absolute atomic E-state index is 0.109. The van der Waals surface area contributed by atoms with E-state index >= 15 is 0 Å². The first kappa shape index (κ1) is 12.0. The lowest BCUT2D eigenvalue weighted by atomic mass is 10.2. The molecule has 0 unspecified atom stereocenters. The number of rotatable bonds is 5. The summed E-state index contributed by atoms with van der Waals surface area (Å²) < 4.78 is 5.27. The summed E-state index contributed by atoms with van der Waals surface area (Å²) in [6, 6.07) is 0. The summed E-state index contributed by atoms with van der Waals surface area (Å²) in [4.78, 5) is 8.32. The van der Waals surface area contributed by atoms with Gasteiger partial charge in [0.2, 0.25) is 0 Å². The highest BCUT2D eigenvalue weighted by Crippen LogP contribution is 2.24. The van der Waals surface area contributed by atoms with E-state index < -0.39 is 0 Å². The van der Waals surface area contributed by atoms with Crippen molar-refractivity contribution < 1.29 is 9.84 Å². The molecule has 0 fully saturated rings. The molecule has 2 rings (SSSR count). The third-order valence-electron chi connectivity index (χ3n) is 2.70. The normalized spacial score (nSPS) is 16.4. The molecule has 0 aliphatic carbocycles. The molecule has 16 heavy (non-hydrogen) atoms. The fraction of sp³-hybridized carbons (Fsp3) is 0.727. The minimum atomic E-state index is 0.109. The molecule has 0 bridgehead atoms. The van der Waals surface area contributed by atoms with Gasteiger partial charge in [-0.25, -0.2) is 4.98 Å². The summed E-state index contributed by atoms with van der Waals surface area (Å²) in [6.07, 6.45) is 1.06. The summed E-state index contributed by atoms with van der Waals surface area (Å²) >= 11 is 1.80. The van der Waals surface area contributed by atoms with Gasteiger partial charge in [-0.05, 0) is 6.92 Å². The number of ether oxygens (including phenoxy) is 1. The van der Waals surface area contributed by atoms with E-state index in [-0.39, 0.29) is 6.61 Å². The molecular formula is C11H18N2O2S. The maximum atomic E-state index is 8.59.